The molecule has 1 aliphatic heterocycles. The van der Waals surface area contributed by atoms with E-state index >= 15 is 0 Å². The van der Waals surface area contributed by atoms with Crippen molar-refractivity contribution in [3.05, 3.63) is 57.7 Å². The van der Waals surface area contributed by atoms with Gasteiger partial charge in [-0.1, -0.05) is 15.9 Å². The fourth-order valence-corrected chi connectivity index (χ4v) is 3.86. The summed E-state index contributed by atoms with van der Waals surface area (Å²) in [5.41, 5.74) is 4.54. The average molecular weight is 374 g/mol. The molecule has 0 unspecified atom stereocenters. The van der Waals surface area contributed by atoms with Gasteiger partial charge in [-0.2, -0.15) is 0 Å². The number of nitrogens with two attached hydrogens (primary N) is 1. The molecule has 4 N–H and O–H groups in total. The molecule has 4 nitrogen and oxygen atoms in total. The van der Waals surface area contributed by atoms with Gasteiger partial charge in [0.15, 0.2) is 6.04 Å². The lowest BCUT2D eigenvalue weighted by Crippen LogP contribution is -2.87. The van der Waals surface area contributed by atoms with Crippen molar-refractivity contribution in [1.82, 2.24) is 4.98 Å². The van der Waals surface area contributed by atoms with Crippen LogP contribution in [0.3, 0.4) is 0 Å². The normalized spacial score (nSPS) is 17.2. The molecule has 0 radical (unpaired) electrons. The highest BCUT2D eigenvalue weighted by atomic mass is 79.9. The molecule has 0 saturated heterocycles. The smallest absolute Gasteiger partial charge is 0.156 e. The Bertz CT molecular complexity index is 888. The van der Waals surface area contributed by atoms with Gasteiger partial charge in [-0.3, -0.25) is 0 Å². The molecule has 0 amide bonds. The van der Waals surface area contributed by atoms with Gasteiger partial charge >= 0.3 is 0 Å². The Kier molecular flexibility index (Phi) is 3.54. The molecule has 0 fully saturated rings. The van der Waals surface area contributed by atoms with Crippen molar-refractivity contribution >= 4 is 26.8 Å². The number of halogens is 1. The van der Waals surface area contributed by atoms with Crippen molar-refractivity contribution in [3.63, 3.8) is 0 Å². The second kappa shape index (κ2) is 5.58. The minimum atomic E-state index is 0.0784. The number of aromatic nitrogens is 1. The standard InChI is InChI=1S/C18H17BrN2O2/c1-23-11-3-4-15-13(9-11)12-6-7-20-17(18(12)21-15)14-8-10(19)2-5-16(14)22/h2-5,8-9,17,20-22H,6-7H2,1H3/p+1/t17-/m0/s1. The van der Waals surface area contributed by atoms with Crippen LogP contribution in [-0.2, 0) is 6.42 Å². The van der Waals surface area contributed by atoms with Gasteiger partial charge in [0.25, 0.3) is 0 Å². The van der Waals surface area contributed by atoms with Crippen LogP contribution in [0.5, 0.6) is 11.5 Å². The monoisotopic (exact) mass is 373 g/mol. The van der Waals surface area contributed by atoms with Gasteiger partial charge in [-0.15, -0.1) is 0 Å². The zero-order valence-electron chi connectivity index (χ0n) is 12.8. The molecular weight excluding hydrogens is 356 g/mol. The van der Waals surface area contributed by atoms with Gasteiger partial charge in [0, 0.05) is 21.8 Å². The van der Waals surface area contributed by atoms with Gasteiger partial charge in [0.05, 0.1) is 24.9 Å². The molecule has 3 aromatic rings. The number of methoxy groups -OCH3 is 1. The lowest BCUT2D eigenvalue weighted by Gasteiger charge is -2.22. The summed E-state index contributed by atoms with van der Waals surface area (Å²) in [7, 11) is 1.69. The van der Waals surface area contributed by atoms with E-state index in [1.807, 2.05) is 18.2 Å². The number of aromatic amines is 1. The number of hydrogen-bond acceptors (Lipinski definition) is 2. The number of H-pyrrole nitrogens is 1. The predicted octanol–water partition coefficient (Wildman–Crippen LogP) is 2.85. The SMILES string of the molecule is COc1ccc2[nH]c3c(c2c1)CC[NH2+][C@H]3c1cc(Br)ccc1O. The van der Waals surface area contributed by atoms with Gasteiger partial charge in [0.2, 0.25) is 0 Å². The topological polar surface area (TPSA) is 61.9 Å². The first-order valence-electron chi connectivity index (χ1n) is 7.67. The Balaban J connectivity index is 1.90. The molecule has 2 aromatic carbocycles. The Morgan fingerprint density at radius 3 is 2.96 bits per heavy atom. The summed E-state index contributed by atoms with van der Waals surface area (Å²) in [4.78, 5) is 3.55. The van der Waals surface area contributed by atoms with E-state index in [4.69, 9.17) is 4.74 Å². The summed E-state index contributed by atoms with van der Waals surface area (Å²) < 4.78 is 6.34. The highest BCUT2D eigenvalue weighted by Gasteiger charge is 2.30. The fourth-order valence-electron chi connectivity index (χ4n) is 3.48. The maximum Gasteiger partial charge on any atom is 0.156 e. The van der Waals surface area contributed by atoms with E-state index in [1.54, 1.807) is 13.2 Å². The molecule has 23 heavy (non-hydrogen) atoms. The first-order valence-corrected chi connectivity index (χ1v) is 8.47. The van der Waals surface area contributed by atoms with Crippen LogP contribution in [0.1, 0.15) is 22.9 Å². The van der Waals surface area contributed by atoms with Crippen LogP contribution in [0.4, 0.5) is 0 Å². The number of phenolic OH excluding ortho intramolecular Hbond substituents is 1. The Hall–Kier alpha value is -1.98. The van der Waals surface area contributed by atoms with Crippen molar-refractivity contribution in [2.24, 2.45) is 0 Å². The van der Waals surface area contributed by atoms with Gasteiger partial charge in [-0.05, 0) is 42.0 Å². The number of rotatable bonds is 2. The molecule has 2 heterocycles. The zero-order chi connectivity index (χ0) is 16.0. The molecule has 5 heteroatoms. The summed E-state index contributed by atoms with van der Waals surface area (Å²) in [5, 5.41) is 13.8. The van der Waals surface area contributed by atoms with Crippen LogP contribution in [0.2, 0.25) is 0 Å². The summed E-state index contributed by atoms with van der Waals surface area (Å²) in [6.07, 6.45) is 1.01. The first kappa shape index (κ1) is 14.6. The minimum Gasteiger partial charge on any atom is -0.507 e. The number of fused-ring (bicyclic) bond motifs is 3. The predicted molar refractivity (Wildman–Crippen MR) is 93.0 cm³/mol. The van der Waals surface area contributed by atoms with Crippen molar-refractivity contribution in [3.8, 4) is 11.5 Å². The minimum absolute atomic E-state index is 0.0784. The highest BCUT2D eigenvalue weighted by molar-refractivity contribution is 9.10. The lowest BCUT2D eigenvalue weighted by molar-refractivity contribution is -0.690. The molecule has 1 atom stereocenters. The van der Waals surface area contributed by atoms with E-state index in [-0.39, 0.29) is 6.04 Å². The van der Waals surface area contributed by atoms with Crippen molar-refractivity contribution < 1.29 is 15.2 Å². The second-order valence-electron chi connectivity index (χ2n) is 5.88. The molecular formula is C18H18BrN2O2+. The van der Waals surface area contributed by atoms with Crippen molar-refractivity contribution in [2.75, 3.05) is 13.7 Å². The molecule has 0 bridgehead atoms. The summed E-state index contributed by atoms with van der Waals surface area (Å²) in [6.45, 7) is 0.994. The van der Waals surface area contributed by atoms with E-state index in [0.717, 1.165) is 34.3 Å². The number of phenols is 1. The third kappa shape index (κ3) is 2.40. The number of ether oxygens (including phenoxy) is 1. The molecule has 0 spiro atoms. The lowest BCUT2D eigenvalue weighted by atomic mass is 9.94. The second-order valence-corrected chi connectivity index (χ2v) is 6.80. The summed E-state index contributed by atoms with van der Waals surface area (Å²) >= 11 is 3.50. The average Bonchev–Trinajstić information content (AvgIpc) is 2.95. The maximum atomic E-state index is 10.3. The zero-order valence-corrected chi connectivity index (χ0v) is 14.4. The Labute approximate surface area is 142 Å². The Morgan fingerprint density at radius 1 is 1.26 bits per heavy atom. The third-order valence-corrected chi connectivity index (χ3v) is 5.07. The molecule has 0 saturated carbocycles. The van der Waals surface area contributed by atoms with Gasteiger partial charge in [0.1, 0.15) is 11.5 Å². The molecule has 4 rings (SSSR count). The van der Waals surface area contributed by atoms with E-state index < -0.39 is 0 Å². The van der Waals surface area contributed by atoms with Crippen LogP contribution in [0.15, 0.2) is 40.9 Å². The van der Waals surface area contributed by atoms with E-state index in [1.165, 1.54) is 16.6 Å². The number of benzene rings is 2. The van der Waals surface area contributed by atoms with Gasteiger partial charge < -0.3 is 20.1 Å². The molecule has 0 aliphatic carbocycles. The quantitative estimate of drug-likeness (QED) is 0.646. The summed E-state index contributed by atoms with van der Waals surface area (Å²) in [6, 6.07) is 11.8. The number of nitrogens with one attached hydrogen (secondary N) is 1. The molecule has 1 aromatic heterocycles. The molecule has 118 valence electrons. The van der Waals surface area contributed by atoms with Crippen LogP contribution < -0.4 is 10.1 Å². The van der Waals surface area contributed by atoms with E-state index in [0.29, 0.717) is 5.75 Å². The Morgan fingerprint density at radius 2 is 2.13 bits per heavy atom. The number of hydrogen-bond donors (Lipinski definition) is 3. The molecule has 1 aliphatic rings. The summed E-state index contributed by atoms with van der Waals surface area (Å²) in [5.74, 6) is 1.20. The van der Waals surface area contributed by atoms with Crippen LogP contribution in [0.25, 0.3) is 10.9 Å². The largest absolute Gasteiger partial charge is 0.507 e. The highest BCUT2D eigenvalue weighted by Crippen LogP contribution is 2.36. The number of quaternary nitrogens is 1. The van der Waals surface area contributed by atoms with E-state index in [2.05, 4.69) is 38.4 Å². The third-order valence-electron chi connectivity index (χ3n) is 4.58. The van der Waals surface area contributed by atoms with Crippen LogP contribution in [-0.4, -0.2) is 23.7 Å². The van der Waals surface area contributed by atoms with E-state index in [9.17, 15) is 5.11 Å². The van der Waals surface area contributed by atoms with Gasteiger partial charge in [-0.25, -0.2) is 0 Å². The van der Waals surface area contributed by atoms with Crippen molar-refractivity contribution in [1.29, 1.82) is 0 Å². The number of aromatic hydroxyl groups is 1. The first-order chi connectivity index (χ1) is 11.2. The van der Waals surface area contributed by atoms with Crippen LogP contribution >= 0.6 is 15.9 Å². The fraction of sp³-hybridized carbons (Fsp3) is 0.222. The maximum absolute atomic E-state index is 10.3. The van der Waals surface area contributed by atoms with Crippen LogP contribution in [0, 0.1) is 0 Å². The van der Waals surface area contributed by atoms with Crippen molar-refractivity contribution in [2.45, 2.75) is 12.5 Å².